The van der Waals surface area contributed by atoms with Crippen LogP contribution in [0.4, 0.5) is 0 Å². The number of carbonyl (C=O) groups is 1. The molecule has 0 bridgehead atoms. The summed E-state index contributed by atoms with van der Waals surface area (Å²) in [4.78, 5) is 12.3. The van der Waals surface area contributed by atoms with Crippen LogP contribution < -0.4 is 0 Å². The highest BCUT2D eigenvalue weighted by Crippen LogP contribution is 2.36. The van der Waals surface area contributed by atoms with Gasteiger partial charge in [-0.05, 0) is 30.2 Å². The summed E-state index contributed by atoms with van der Waals surface area (Å²) in [5.41, 5.74) is 1.22. The lowest BCUT2D eigenvalue weighted by molar-refractivity contribution is -0.117. The summed E-state index contributed by atoms with van der Waals surface area (Å²) >= 11 is 0. The molecular formula is C18H29NO2. The third-order valence-corrected chi connectivity index (χ3v) is 4.06. The Bertz CT molecular complexity index is 368. The number of ether oxygens (including phenoxy) is 1. The van der Waals surface area contributed by atoms with Crippen LogP contribution in [0.15, 0.2) is 30.3 Å². The van der Waals surface area contributed by atoms with Gasteiger partial charge < -0.3 is 9.64 Å². The first-order chi connectivity index (χ1) is 10.3. The zero-order valence-electron chi connectivity index (χ0n) is 13.6. The zero-order valence-corrected chi connectivity index (χ0v) is 13.6. The Kier molecular flexibility index (Phi) is 8.76. The second-order valence-corrected chi connectivity index (χ2v) is 5.43. The third-order valence-electron chi connectivity index (χ3n) is 4.06. The van der Waals surface area contributed by atoms with Crippen molar-refractivity contribution in [2.24, 2.45) is 11.8 Å². The Labute approximate surface area is 129 Å². The minimum absolute atomic E-state index is 0.709. The molecule has 1 aromatic rings. The molecule has 3 rings (SSSR count). The van der Waals surface area contributed by atoms with Gasteiger partial charge in [0.05, 0.1) is 6.61 Å². The Morgan fingerprint density at radius 1 is 1.14 bits per heavy atom. The van der Waals surface area contributed by atoms with Crippen molar-refractivity contribution in [2.45, 2.75) is 39.7 Å². The number of hydrogen-bond acceptors (Lipinski definition) is 2. The summed E-state index contributed by atoms with van der Waals surface area (Å²) in [7, 11) is 1.70. The Morgan fingerprint density at radius 2 is 1.71 bits per heavy atom. The first-order valence-electron chi connectivity index (χ1n) is 8.05. The van der Waals surface area contributed by atoms with Gasteiger partial charge in [0.15, 0.2) is 0 Å². The number of fused-ring (bicyclic) bond motifs is 1. The van der Waals surface area contributed by atoms with Gasteiger partial charge >= 0.3 is 0 Å². The predicted octanol–water partition coefficient (Wildman–Crippen LogP) is 3.73. The molecule has 21 heavy (non-hydrogen) atoms. The number of carbonyl (C=O) groups excluding carboxylic acids is 1. The van der Waals surface area contributed by atoms with Crippen molar-refractivity contribution in [3.05, 3.63) is 35.9 Å². The molecule has 2 aliphatic rings. The van der Waals surface area contributed by atoms with Crippen LogP contribution in [0.3, 0.4) is 0 Å². The van der Waals surface area contributed by atoms with E-state index in [1.54, 1.807) is 7.11 Å². The standard InChI is InChI=1S/C8H13NO.C8H10O.C2H6/c10-6-9-4-7-2-1-3-8(7)5-9;1-9-7-8-5-3-2-4-6-8;1-2/h6-8H,1-5H2;2-6H,7H2,1H3;1-2H3. The lowest BCUT2D eigenvalue weighted by atomic mass is 10.0. The van der Waals surface area contributed by atoms with Crippen LogP contribution in [0.1, 0.15) is 38.7 Å². The van der Waals surface area contributed by atoms with Crippen LogP contribution in [0.2, 0.25) is 0 Å². The van der Waals surface area contributed by atoms with E-state index in [1.807, 2.05) is 49.1 Å². The second-order valence-electron chi connectivity index (χ2n) is 5.43. The highest BCUT2D eigenvalue weighted by Gasteiger charge is 2.35. The first-order valence-corrected chi connectivity index (χ1v) is 8.05. The van der Waals surface area contributed by atoms with E-state index in [0.717, 1.165) is 31.3 Å². The minimum atomic E-state index is 0.709. The van der Waals surface area contributed by atoms with Crippen molar-refractivity contribution in [1.29, 1.82) is 0 Å². The van der Waals surface area contributed by atoms with Crippen LogP contribution in [0.5, 0.6) is 0 Å². The van der Waals surface area contributed by atoms with Crippen molar-refractivity contribution >= 4 is 6.41 Å². The van der Waals surface area contributed by atoms with Gasteiger partial charge in [0.1, 0.15) is 0 Å². The molecule has 2 atom stereocenters. The summed E-state index contributed by atoms with van der Waals surface area (Å²) < 4.78 is 4.93. The molecule has 1 aliphatic heterocycles. The number of nitrogens with zero attached hydrogens (tertiary/aromatic N) is 1. The van der Waals surface area contributed by atoms with E-state index in [9.17, 15) is 4.79 Å². The molecule has 1 heterocycles. The maximum atomic E-state index is 10.4. The fourth-order valence-corrected chi connectivity index (χ4v) is 3.10. The summed E-state index contributed by atoms with van der Waals surface area (Å²) in [6.45, 7) is 6.78. The van der Waals surface area contributed by atoms with Gasteiger partial charge in [0, 0.05) is 20.2 Å². The molecule has 118 valence electrons. The smallest absolute Gasteiger partial charge is 0.209 e. The van der Waals surface area contributed by atoms with Gasteiger partial charge in [-0.3, -0.25) is 4.79 Å². The Balaban J connectivity index is 0.000000189. The molecule has 0 radical (unpaired) electrons. The number of hydrogen-bond donors (Lipinski definition) is 0. The van der Waals surface area contributed by atoms with Gasteiger partial charge in [-0.1, -0.05) is 50.6 Å². The van der Waals surface area contributed by atoms with Crippen molar-refractivity contribution in [3.63, 3.8) is 0 Å². The molecule has 1 saturated carbocycles. The van der Waals surface area contributed by atoms with Gasteiger partial charge in [0.2, 0.25) is 6.41 Å². The number of benzene rings is 1. The molecule has 2 fully saturated rings. The van der Waals surface area contributed by atoms with Gasteiger partial charge in [-0.2, -0.15) is 0 Å². The van der Waals surface area contributed by atoms with Gasteiger partial charge in [-0.25, -0.2) is 0 Å². The number of rotatable bonds is 3. The van der Waals surface area contributed by atoms with Crippen LogP contribution in [-0.2, 0) is 16.1 Å². The van der Waals surface area contributed by atoms with E-state index in [-0.39, 0.29) is 0 Å². The van der Waals surface area contributed by atoms with Crippen LogP contribution in [0, 0.1) is 11.8 Å². The topological polar surface area (TPSA) is 29.5 Å². The maximum Gasteiger partial charge on any atom is 0.209 e. The SMILES string of the molecule is CC.COCc1ccccc1.O=CN1CC2CCCC2C1. The molecule has 1 saturated heterocycles. The summed E-state index contributed by atoms with van der Waals surface area (Å²) in [5, 5.41) is 0. The number of methoxy groups -OCH3 is 1. The van der Waals surface area contributed by atoms with Crippen molar-refractivity contribution in [2.75, 3.05) is 20.2 Å². The molecule has 0 N–H and O–H groups in total. The normalized spacial score (nSPS) is 22.5. The lowest BCUT2D eigenvalue weighted by Gasteiger charge is -2.08. The monoisotopic (exact) mass is 291 g/mol. The van der Waals surface area contributed by atoms with E-state index in [1.165, 1.54) is 24.8 Å². The second kappa shape index (κ2) is 10.4. The van der Waals surface area contributed by atoms with Crippen molar-refractivity contribution in [3.8, 4) is 0 Å². The third kappa shape index (κ3) is 5.88. The van der Waals surface area contributed by atoms with Crippen molar-refractivity contribution in [1.82, 2.24) is 4.90 Å². The fourth-order valence-electron chi connectivity index (χ4n) is 3.10. The molecule has 0 spiro atoms. The van der Waals surface area contributed by atoms with E-state index in [4.69, 9.17) is 4.74 Å². The molecule has 1 aliphatic carbocycles. The van der Waals surface area contributed by atoms with E-state index in [0.29, 0.717) is 6.61 Å². The van der Waals surface area contributed by atoms with Crippen LogP contribution in [-0.4, -0.2) is 31.5 Å². The van der Waals surface area contributed by atoms with E-state index >= 15 is 0 Å². The highest BCUT2D eigenvalue weighted by atomic mass is 16.5. The molecule has 3 heteroatoms. The van der Waals surface area contributed by atoms with Crippen molar-refractivity contribution < 1.29 is 9.53 Å². The average Bonchev–Trinajstić information content (AvgIpc) is 3.12. The minimum Gasteiger partial charge on any atom is -0.380 e. The molecular weight excluding hydrogens is 262 g/mol. The summed E-state index contributed by atoms with van der Waals surface area (Å²) in [6.07, 6.45) is 5.10. The molecule has 1 amide bonds. The quantitative estimate of drug-likeness (QED) is 0.794. The average molecular weight is 291 g/mol. The maximum absolute atomic E-state index is 10.4. The Hall–Kier alpha value is -1.35. The summed E-state index contributed by atoms with van der Waals surface area (Å²) in [6, 6.07) is 10.1. The molecule has 2 unspecified atom stereocenters. The van der Waals surface area contributed by atoms with E-state index in [2.05, 4.69) is 0 Å². The predicted molar refractivity (Wildman–Crippen MR) is 87.0 cm³/mol. The molecule has 0 aromatic heterocycles. The van der Waals surface area contributed by atoms with Gasteiger partial charge in [-0.15, -0.1) is 0 Å². The largest absolute Gasteiger partial charge is 0.380 e. The molecule has 3 nitrogen and oxygen atoms in total. The summed E-state index contributed by atoms with van der Waals surface area (Å²) in [5.74, 6) is 1.70. The lowest BCUT2D eigenvalue weighted by Crippen LogP contribution is -2.18. The first kappa shape index (κ1) is 17.7. The zero-order chi connectivity index (χ0) is 15.5. The number of likely N-dealkylation sites (tertiary alicyclic amines) is 1. The number of amides is 1. The Morgan fingerprint density at radius 3 is 2.19 bits per heavy atom. The molecule has 1 aromatic carbocycles. The highest BCUT2D eigenvalue weighted by molar-refractivity contribution is 5.47. The van der Waals surface area contributed by atoms with Gasteiger partial charge in [0.25, 0.3) is 0 Å². The van der Waals surface area contributed by atoms with Crippen LogP contribution >= 0.6 is 0 Å². The fraction of sp³-hybridized carbons (Fsp3) is 0.611. The van der Waals surface area contributed by atoms with E-state index < -0.39 is 0 Å². The van der Waals surface area contributed by atoms with Crippen LogP contribution in [0.25, 0.3) is 0 Å².